The van der Waals surface area contributed by atoms with Crippen molar-refractivity contribution in [2.45, 2.75) is 0 Å². The highest BCUT2D eigenvalue weighted by atomic mass is 32.2. The minimum Gasteiger partial charge on any atom is -0.269 e. The molecule has 0 atom stereocenters. The van der Waals surface area contributed by atoms with Gasteiger partial charge in [-0.3, -0.25) is 9.11 Å². The van der Waals surface area contributed by atoms with Gasteiger partial charge in [-0.1, -0.05) is 0 Å². The highest BCUT2D eigenvalue weighted by Gasteiger charge is 2.19. The van der Waals surface area contributed by atoms with E-state index in [2.05, 4.69) is 0 Å². The summed E-state index contributed by atoms with van der Waals surface area (Å²) in [5.41, 5.74) is -0.194. The normalized spacial score (nSPS) is 12.8. The highest BCUT2D eigenvalue weighted by Crippen LogP contribution is 2.23. The first-order valence-electron chi connectivity index (χ1n) is 4.52. The minimum atomic E-state index is -4.55. The molecule has 0 aliphatic carbocycles. The zero-order chi connectivity index (χ0) is 13.6. The van der Waals surface area contributed by atoms with Gasteiger partial charge < -0.3 is 0 Å². The van der Waals surface area contributed by atoms with E-state index in [1.807, 2.05) is 0 Å². The zero-order valence-corrected chi connectivity index (χ0v) is 10.3. The second-order valence-electron chi connectivity index (χ2n) is 3.33. The van der Waals surface area contributed by atoms with Gasteiger partial charge in [0.2, 0.25) is 0 Å². The number of hydrogen-bond acceptors (Lipinski definition) is 4. The fourth-order valence-electron chi connectivity index (χ4n) is 1.53. The molecule has 0 aromatic carbocycles. The molecule has 18 heavy (non-hydrogen) atoms. The maximum atomic E-state index is 11.1. The van der Waals surface area contributed by atoms with Crippen LogP contribution < -0.4 is 0 Å². The number of aromatic nitrogens is 2. The molecule has 0 saturated heterocycles. The Bertz CT molecular complexity index is 715. The molecule has 0 unspecified atom stereocenters. The quantitative estimate of drug-likeness (QED) is 0.783. The molecule has 98 valence electrons. The average molecular weight is 292 g/mol. The van der Waals surface area contributed by atoms with Crippen molar-refractivity contribution in [2.24, 2.45) is 0 Å². The molecule has 0 radical (unpaired) electrons. The van der Waals surface area contributed by atoms with E-state index in [9.17, 15) is 16.8 Å². The van der Waals surface area contributed by atoms with E-state index in [0.29, 0.717) is 7.94 Å². The maximum absolute atomic E-state index is 11.1. The van der Waals surface area contributed by atoms with E-state index in [4.69, 9.17) is 9.11 Å². The standard InChI is InChI=1S/C8H8N2O6S2/c11-17(12,13)9-5-1-3-7(9)8-4-2-6-10(8)18(14,15)16/h1-6H,(H,11,12,13)(H,14,15,16). The fourth-order valence-corrected chi connectivity index (χ4v) is 2.79. The van der Waals surface area contributed by atoms with Gasteiger partial charge in [-0.2, -0.15) is 16.8 Å². The van der Waals surface area contributed by atoms with Crippen LogP contribution in [0, 0.1) is 0 Å². The van der Waals surface area contributed by atoms with Crippen molar-refractivity contribution in [1.29, 1.82) is 0 Å². The highest BCUT2D eigenvalue weighted by molar-refractivity contribution is 7.84. The predicted octanol–water partition coefficient (Wildman–Crippen LogP) is 0.258. The third-order valence-corrected chi connectivity index (χ3v) is 3.82. The smallest absolute Gasteiger partial charge is 0.269 e. The predicted molar refractivity (Wildman–Crippen MR) is 61.8 cm³/mol. The molecular weight excluding hydrogens is 284 g/mol. The van der Waals surface area contributed by atoms with Crippen LogP contribution in [0.2, 0.25) is 0 Å². The molecule has 2 rings (SSSR count). The second kappa shape index (κ2) is 3.95. The molecule has 2 heterocycles. The number of hydrogen-bond donors (Lipinski definition) is 2. The van der Waals surface area contributed by atoms with E-state index in [-0.39, 0.29) is 11.4 Å². The van der Waals surface area contributed by atoms with Crippen molar-refractivity contribution in [3.8, 4) is 11.4 Å². The van der Waals surface area contributed by atoms with Crippen LogP contribution in [0.25, 0.3) is 11.4 Å². The van der Waals surface area contributed by atoms with Crippen LogP contribution in [-0.2, 0) is 20.6 Å². The largest absolute Gasteiger partial charge is 0.363 e. The first-order valence-corrected chi connectivity index (χ1v) is 7.32. The van der Waals surface area contributed by atoms with E-state index >= 15 is 0 Å². The molecule has 2 aromatic rings. The van der Waals surface area contributed by atoms with Crippen LogP contribution in [0.1, 0.15) is 0 Å². The summed E-state index contributed by atoms with van der Waals surface area (Å²) in [5.74, 6) is 0. The van der Waals surface area contributed by atoms with Gasteiger partial charge in [-0.25, -0.2) is 7.94 Å². The lowest BCUT2D eigenvalue weighted by molar-refractivity contribution is 0.469. The number of nitrogens with zero attached hydrogens (tertiary/aromatic N) is 2. The Hall–Kier alpha value is -1.62. The van der Waals surface area contributed by atoms with Crippen molar-refractivity contribution in [3.63, 3.8) is 0 Å². The Labute approximate surface area is 103 Å². The van der Waals surface area contributed by atoms with Crippen molar-refractivity contribution in [3.05, 3.63) is 36.7 Å². The summed E-state index contributed by atoms with van der Waals surface area (Å²) in [6, 6.07) is 5.18. The van der Waals surface area contributed by atoms with Gasteiger partial charge >= 0.3 is 20.6 Å². The van der Waals surface area contributed by atoms with Crippen LogP contribution in [-0.4, -0.2) is 33.9 Å². The van der Waals surface area contributed by atoms with Crippen molar-refractivity contribution < 1.29 is 25.9 Å². The Kier molecular flexibility index (Phi) is 2.81. The Morgan fingerprint density at radius 1 is 0.778 bits per heavy atom. The number of rotatable bonds is 3. The molecule has 10 heteroatoms. The molecule has 0 saturated carbocycles. The summed E-state index contributed by atoms with van der Waals surface area (Å²) < 4.78 is 63.2. The minimum absolute atomic E-state index is 0.0971. The van der Waals surface area contributed by atoms with Crippen LogP contribution >= 0.6 is 0 Å². The third kappa shape index (κ3) is 2.18. The van der Waals surface area contributed by atoms with Crippen molar-refractivity contribution >= 4 is 20.6 Å². The van der Waals surface area contributed by atoms with Crippen molar-refractivity contribution in [2.75, 3.05) is 0 Å². The van der Waals surface area contributed by atoms with Gasteiger partial charge in [0.25, 0.3) is 0 Å². The van der Waals surface area contributed by atoms with Gasteiger partial charge in [0.1, 0.15) is 0 Å². The van der Waals surface area contributed by atoms with Gasteiger partial charge in [0, 0.05) is 12.4 Å². The lowest BCUT2D eigenvalue weighted by atomic mass is 10.3. The molecule has 8 nitrogen and oxygen atoms in total. The summed E-state index contributed by atoms with van der Waals surface area (Å²) in [7, 11) is -9.10. The summed E-state index contributed by atoms with van der Waals surface area (Å²) in [4.78, 5) is 0. The monoisotopic (exact) mass is 292 g/mol. The van der Waals surface area contributed by atoms with E-state index < -0.39 is 20.6 Å². The first-order chi connectivity index (χ1) is 8.21. The lowest BCUT2D eigenvalue weighted by Crippen LogP contribution is -2.15. The Balaban J connectivity index is 2.73. The van der Waals surface area contributed by atoms with Crippen LogP contribution in [0.5, 0.6) is 0 Å². The molecule has 0 amide bonds. The molecule has 0 aliphatic heterocycles. The zero-order valence-electron chi connectivity index (χ0n) is 8.70. The van der Waals surface area contributed by atoms with Gasteiger partial charge in [-0.05, 0) is 24.3 Å². The SMILES string of the molecule is O=S(=O)(O)n1cccc1-c1cccn1S(=O)(=O)O. The van der Waals surface area contributed by atoms with Crippen LogP contribution in [0.15, 0.2) is 36.7 Å². The molecular formula is C8H8N2O6S2. The first kappa shape index (κ1) is 12.8. The fraction of sp³-hybridized carbons (Fsp3) is 0. The van der Waals surface area contributed by atoms with Crippen molar-refractivity contribution in [1.82, 2.24) is 7.94 Å². The van der Waals surface area contributed by atoms with E-state index in [0.717, 1.165) is 12.4 Å². The van der Waals surface area contributed by atoms with E-state index in [1.54, 1.807) is 0 Å². The third-order valence-electron chi connectivity index (χ3n) is 2.19. The summed E-state index contributed by atoms with van der Waals surface area (Å²) in [6.07, 6.45) is 2.10. The lowest BCUT2D eigenvalue weighted by Gasteiger charge is -2.07. The molecule has 0 fully saturated rings. The Morgan fingerprint density at radius 2 is 1.11 bits per heavy atom. The van der Waals surface area contributed by atoms with Gasteiger partial charge in [0.15, 0.2) is 0 Å². The van der Waals surface area contributed by atoms with E-state index in [1.165, 1.54) is 24.3 Å². The molecule has 2 aromatic heterocycles. The van der Waals surface area contributed by atoms with Gasteiger partial charge in [-0.15, -0.1) is 0 Å². The molecule has 0 spiro atoms. The van der Waals surface area contributed by atoms with Gasteiger partial charge in [0.05, 0.1) is 11.4 Å². The summed E-state index contributed by atoms with van der Waals surface area (Å²) in [6.45, 7) is 0. The second-order valence-corrected chi connectivity index (χ2v) is 5.91. The molecule has 2 N–H and O–H groups in total. The topological polar surface area (TPSA) is 119 Å². The Morgan fingerprint density at radius 3 is 1.39 bits per heavy atom. The van der Waals surface area contributed by atoms with Crippen LogP contribution in [0.3, 0.4) is 0 Å². The van der Waals surface area contributed by atoms with Crippen LogP contribution in [0.4, 0.5) is 0 Å². The average Bonchev–Trinajstić information content (AvgIpc) is 2.83. The summed E-state index contributed by atoms with van der Waals surface area (Å²) in [5, 5.41) is 0. The summed E-state index contributed by atoms with van der Waals surface area (Å²) >= 11 is 0. The molecule has 0 aliphatic rings. The maximum Gasteiger partial charge on any atom is 0.363 e. The molecule has 0 bridgehead atoms.